The molecule has 81 heavy (non-hydrogen) atoms. The van der Waals surface area contributed by atoms with E-state index in [4.69, 9.17) is 24.3 Å². The Morgan fingerprint density at radius 1 is 0.383 bits per heavy atom. The highest BCUT2D eigenvalue weighted by atomic mass is 31.2. The van der Waals surface area contributed by atoms with Gasteiger partial charge in [0.15, 0.2) is 6.10 Å². The van der Waals surface area contributed by atoms with Crippen molar-refractivity contribution in [3.63, 3.8) is 0 Å². The van der Waals surface area contributed by atoms with Crippen molar-refractivity contribution in [1.82, 2.24) is 0 Å². The predicted molar refractivity (Wildman–Crippen MR) is 349 cm³/mol. The van der Waals surface area contributed by atoms with Crippen LogP contribution in [0.5, 0.6) is 0 Å². The molecule has 0 spiro atoms. The molecule has 0 radical (unpaired) electrons. The first kappa shape index (κ1) is 79.0. The van der Waals surface area contributed by atoms with E-state index >= 15 is 0 Å². The lowest BCUT2D eigenvalue weighted by molar-refractivity contribution is -0.161. The molecule has 0 aliphatic carbocycles. The van der Waals surface area contributed by atoms with Gasteiger partial charge in [0.25, 0.3) is 0 Å². The second kappa shape index (κ2) is 67.1. The SMILES string of the molecule is CC/C=C\C/C=C\C/C=C\C/C=C\CCCCCCCCCCCCCCCCCCCCC(=O)OC(COC(=O)CCCCCCCCCCCCCCCCCCCCCCCCCCCCCCC)COP(=O)(O)OCCN. The molecule has 3 N–H and O–H groups in total. The van der Waals surface area contributed by atoms with Gasteiger partial charge < -0.3 is 20.1 Å². The number of hydrogen-bond acceptors (Lipinski definition) is 8. The third-order valence-electron chi connectivity index (χ3n) is 15.7. The first-order valence-corrected chi connectivity index (χ1v) is 36.6. The Morgan fingerprint density at radius 3 is 1.01 bits per heavy atom. The van der Waals surface area contributed by atoms with Crippen LogP contribution in [0.25, 0.3) is 0 Å². The van der Waals surface area contributed by atoms with Gasteiger partial charge in [0, 0.05) is 19.4 Å². The normalized spacial score (nSPS) is 13.2. The zero-order valence-corrected chi connectivity index (χ0v) is 54.4. The van der Waals surface area contributed by atoms with Crippen LogP contribution in [0.4, 0.5) is 0 Å². The fraction of sp³-hybridized carbons (Fsp3) is 0.859. The molecule has 0 aliphatic heterocycles. The average Bonchev–Trinajstić information content (AvgIpc) is 3.46. The average molecular weight is 1160 g/mol. The summed E-state index contributed by atoms with van der Waals surface area (Å²) in [6.07, 6.45) is 85.0. The van der Waals surface area contributed by atoms with E-state index in [0.717, 1.165) is 57.8 Å². The first-order valence-electron chi connectivity index (χ1n) is 35.1. The van der Waals surface area contributed by atoms with Crippen molar-refractivity contribution >= 4 is 19.8 Å². The lowest BCUT2D eigenvalue weighted by Gasteiger charge is -2.19. The Kier molecular flexibility index (Phi) is 65.4. The van der Waals surface area contributed by atoms with Crippen LogP contribution in [0.1, 0.15) is 361 Å². The number of nitrogens with two attached hydrogens (primary N) is 1. The third-order valence-corrected chi connectivity index (χ3v) is 16.7. The molecule has 0 amide bonds. The number of esters is 2. The summed E-state index contributed by atoms with van der Waals surface area (Å²) >= 11 is 0. The Morgan fingerprint density at radius 2 is 0.679 bits per heavy atom. The summed E-state index contributed by atoms with van der Waals surface area (Å²) in [5.41, 5.74) is 5.40. The van der Waals surface area contributed by atoms with Crippen molar-refractivity contribution in [2.24, 2.45) is 5.73 Å². The van der Waals surface area contributed by atoms with Crippen LogP contribution in [0, 0.1) is 0 Å². The number of hydrogen-bond donors (Lipinski definition) is 2. The Balaban J connectivity index is 3.82. The molecule has 0 saturated carbocycles. The zero-order valence-electron chi connectivity index (χ0n) is 53.5. The van der Waals surface area contributed by atoms with Crippen LogP contribution in [0.3, 0.4) is 0 Å². The number of carbonyl (C=O) groups is 2. The Bertz CT molecular complexity index is 1470. The smallest absolute Gasteiger partial charge is 0.462 e. The molecule has 476 valence electrons. The summed E-state index contributed by atoms with van der Waals surface area (Å²) in [7, 11) is -4.39. The fourth-order valence-electron chi connectivity index (χ4n) is 10.6. The minimum Gasteiger partial charge on any atom is -0.462 e. The number of rotatable bonds is 67. The summed E-state index contributed by atoms with van der Waals surface area (Å²) in [5.74, 6) is -0.806. The molecule has 0 heterocycles. The van der Waals surface area contributed by atoms with Gasteiger partial charge in [-0.2, -0.15) is 0 Å². The van der Waals surface area contributed by atoms with Gasteiger partial charge in [0.2, 0.25) is 0 Å². The second-order valence-corrected chi connectivity index (χ2v) is 25.2. The van der Waals surface area contributed by atoms with Crippen LogP contribution in [-0.2, 0) is 32.7 Å². The standard InChI is InChI=1S/C71H134NO8P/c1-3-5-7-9-11-13-15-17-19-21-23-25-27-29-31-33-34-36-38-40-42-44-46-48-50-52-54-56-58-60-62-64-71(74)80-69(68-79-81(75,76)78-66-65-72)67-77-70(73)63-61-59-57-55-53-51-49-47-45-43-41-39-37-35-32-30-28-26-24-22-20-18-16-14-12-10-8-6-4-2/h5,7,11,13,17,19,23,25,69H,3-4,6,8-10,12,14-16,18,20-22,24,26-68,72H2,1-2H3,(H,75,76)/b7-5-,13-11-,19-17-,25-23-. The Hall–Kier alpha value is -2.03. The molecular weight excluding hydrogens is 1030 g/mol. The van der Waals surface area contributed by atoms with Gasteiger partial charge >= 0.3 is 19.8 Å². The van der Waals surface area contributed by atoms with E-state index in [0.29, 0.717) is 6.42 Å². The fourth-order valence-corrected chi connectivity index (χ4v) is 11.3. The lowest BCUT2D eigenvalue weighted by Crippen LogP contribution is -2.29. The van der Waals surface area contributed by atoms with Crippen LogP contribution >= 0.6 is 7.82 Å². The highest BCUT2D eigenvalue weighted by molar-refractivity contribution is 7.47. The topological polar surface area (TPSA) is 134 Å². The van der Waals surface area contributed by atoms with Gasteiger partial charge in [0.05, 0.1) is 13.2 Å². The summed E-state index contributed by atoms with van der Waals surface area (Å²) in [4.78, 5) is 35.4. The molecule has 0 aromatic carbocycles. The van der Waals surface area contributed by atoms with Crippen LogP contribution < -0.4 is 5.73 Å². The summed E-state index contributed by atoms with van der Waals surface area (Å²) in [5, 5.41) is 0. The number of phosphoric acid groups is 1. The predicted octanol–water partition coefficient (Wildman–Crippen LogP) is 22.9. The molecule has 0 aliphatic rings. The van der Waals surface area contributed by atoms with E-state index in [2.05, 4.69) is 62.5 Å². The van der Waals surface area contributed by atoms with Crippen molar-refractivity contribution in [3.05, 3.63) is 48.6 Å². The number of unbranched alkanes of at least 4 members (excludes halogenated alkanes) is 46. The molecule has 10 heteroatoms. The van der Waals surface area contributed by atoms with E-state index in [-0.39, 0.29) is 38.6 Å². The monoisotopic (exact) mass is 1160 g/mol. The van der Waals surface area contributed by atoms with Gasteiger partial charge in [-0.1, -0.05) is 345 Å². The number of phosphoric ester groups is 1. The molecule has 0 aromatic heterocycles. The van der Waals surface area contributed by atoms with Crippen molar-refractivity contribution in [2.45, 2.75) is 367 Å². The molecule has 0 bridgehead atoms. The third kappa shape index (κ3) is 67.0. The van der Waals surface area contributed by atoms with Gasteiger partial charge in [-0.15, -0.1) is 0 Å². The molecule has 2 atom stereocenters. The maximum atomic E-state index is 12.8. The van der Waals surface area contributed by atoms with Crippen molar-refractivity contribution in [2.75, 3.05) is 26.4 Å². The van der Waals surface area contributed by atoms with E-state index < -0.39 is 26.5 Å². The lowest BCUT2D eigenvalue weighted by atomic mass is 10.0. The molecule has 9 nitrogen and oxygen atoms in total. The number of carbonyl (C=O) groups excluding carboxylic acids is 2. The number of ether oxygens (including phenoxy) is 2. The van der Waals surface area contributed by atoms with E-state index in [1.165, 1.54) is 270 Å². The molecule has 0 aromatic rings. The van der Waals surface area contributed by atoms with Gasteiger partial charge in [-0.25, -0.2) is 4.57 Å². The largest absolute Gasteiger partial charge is 0.472 e. The van der Waals surface area contributed by atoms with Gasteiger partial charge in [-0.05, 0) is 51.4 Å². The highest BCUT2D eigenvalue weighted by Crippen LogP contribution is 2.43. The van der Waals surface area contributed by atoms with Gasteiger partial charge in [0.1, 0.15) is 6.61 Å². The molecular formula is C71H134NO8P. The Labute approximate surface area is 502 Å². The van der Waals surface area contributed by atoms with Crippen LogP contribution in [0.15, 0.2) is 48.6 Å². The number of allylic oxidation sites excluding steroid dienone is 8. The quantitative estimate of drug-likeness (QED) is 0.0264. The molecule has 2 unspecified atom stereocenters. The van der Waals surface area contributed by atoms with Crippen molar-refractivity contribution in [3.8, 4) is 0 Å². The van der Waals surface area contributed by atoms with Crippen LogP contribution in [0.2, 0.25) is 0 Å². The van der Waals surface area contributed by atoms with E-state index in [1.54, 1.807) is 0 Å². The second-order valence-electron chi connectivity index (χ2n) is 23.7. The molecule has 0 saturated heterocycles. The summed E-state index contributed by atoms with van der Waals surface area (Å²) in [6.45, 7) is 3.71. The highest BCUT2D eigenvalue weighted by Gasteiger charge is 2.26. The minimum atomic E-state index is -4.39. The zero-order chi connectivity index (χ0) is 58.7. The van der Waals surface area contributed by atoms with E-state index in [9.17, 15) is 19.0 Å². The molecule has 0 rings (SSSR count). The first-order chi connectivity index (χ1) is 39.8. The van der Waals surface area contributed by atoms with E-state index in [1.807, 2.05) is 0 Å². The maximum Gasteiger partial charge on any atom is 0.472 e. The van der Waals surface area contributed by atoms with Crippen molar-refractivity contribution in [1.29, 1.82) is 0 Å². The summed E-state index contributed by atoms with van der Waals surface area (Å²) < 4.78 is 33.2. The molecule has 0 fully saturated rings. The maximum absolute atomic E-state index is 12.8. The minimum absolute atomic E-state index is 0.0555. The van der Waals surface area contributed by atoms with Crippen molar-refractivity contribution < 1.29 is 37.6 Å². The summed E-state index contributed by atoms with van der Waals surface area (Å²) in [6, 6.07) is 0. The van der Waals surface area contributed by atoms with Gasteiger partial charge in [-0.3, -0.25) is 18.6 Å². The van der Waals surface area contributed by atoms with Crippen LogP contribution in [-0.4, -0.2) is 49.3 Å².